The highest BCUT2D eigenvalue weighted by atomic mass is 32.1. The van der Waals surface area contributed by atoms with Gasteiger partial charge >= 0.3 is 0 Å². The summed E-state index contributed by atoms with van der Waals surface area (Å²) in [5, 5.41) is 22.7. The number of carbonyl (C=O) groups excluding carboxylic acids is 1. The van der Waals surface area contributed by atoms with Gasteiger partial charge in [-0.2, -0.15) is 0 Å². The van der Waals surface area contributed by atoms with E-state index in [1.54, 1.807) is 19.2 Å². The summed E-state index contributed by atoms with van der Waals surface area (Å²) >= 11 is 1.31. The maximum absolute atomic E-state index is 12.0. The Balaban J connectivity index is 1.53. The topological polar surface area (TPSA) is 107 Å². The van der Waals surface area contributed by atoms with Crippen molar-refractivity contribution in [3.05, 3.63) is 80.9 Å². The number of hydrogen-bond acceptors (Lipinski definition) is 7. The summed E-state index contributed by atoms with van der Waals surface area (Å²) in [6.07, 6.45) is 4.33. The summed E-state index contributed by atoms with van der Waals surface area (Å²) in [6, 6.07) is 13.9. The van der Waals surface area contributed by atoms with Gasteiger partial charge in [0, 0.05) is 24.6 Å². The van der Waals surface area contributed by atoms with Gasteiger partial charge in [-0.15, -0.1) is 10.2 Å². The van der Waals surface area contributed by atoms with Crippen LogP contribution in [0.5, 0.6) is 5.75 Å². The summed E-state index contributed by atoms with van der Waals surface area (Å²) in [4.78, 5) is 22.4. The standard InChI is InChI=1S/C20H18N4O4S/c1-28-17-9-5-14(6-10-17)8-12-19-22-23-20(29-19)21-18(25)11-7-15-3-2-4-16(13-15)24(26)27/h2-7,9-11,13H,8,12H2,1H3,(H,21,23,25)/b11-7+. The fourth-order valence-corrected chi connectivity index (χ4v) is 3.25. The van der Waals surface area contributed by atoms with Gasteiger partial charge in [0.25, 0.3) is 5.69 Å². The molecule has 8 nitrogen and oxygen atoms in total. The number of methoxy groups -OCH3 is 1. The van der Waals surface area contributed by atoms with E-state index in [2.05, 4.69) is 15.5 Å². The van der Waals surface area contributed by atoms with Gasteiger partial charge in [0.15, 0.2) is 0 Å². The van der Waals surface area contributed by atoms with Gasteiger partial charge in [0.1, 0.15) is 10.8 Å². The molecular formula is C20H18N4O4S. The Morgan fingerprint density at radius 1 is 1.21 bits per heavy atom. The second-order valence-electron chi connectivity index (χ2n) is 6.02. The first-order chi connectivity index (χ1) is 14.0. The number of hydrogen-bond donors (Lipinski definition) is 1. The lowest BCUT2D eigenvalue weighted by Gasteiger charge is -2.01. The number of aromatic nitrogens is 2. The third-order valence-corrected chi connectivity index (χ3v) is 4.89. The lowest BCUT2D eigenvalue weighted by Crippen LogP contribution is -2.07. The van der Waals surface area contributed by atoms with Gasteiger partial charge in [-0.25, -0.2) is 0 Å². The van der Waals surface area contributed by atoms with Crippen LogP contribution in [-0.4, -0.2) is 28.1 Å². The largest absolute Gasteiger partial charge is 0.497 e. The third kappa shape index (κ3) is 5.94. The predicted octanol–water partition coefficient (Wildman–Crippen LogP) is 3.89. The van der Waals surface area contributed by atoms with Crippen LogP contribution in [0.2, 0.25) is 0 Å². The molecule has 9 heteroatoms. The van der Waals surface area contributed by atoms with Crippen molar-refractivity contribution in [3.63, 3.8) is 0 Å². The molecule has 0 spiro atoms. The highest BCUT2D eigenvalue weighted by Crippen LogP contribution is 2.19. The van der Waals surface area contributed by atoms with Crippen LogP contribution in [0.4, 0.5) is 10.8 Å². The van der Waals surface area contributed by atoms with Gasteiger partial charge in [-0.3, -0.25) is 20.2 Å². The number of nitro benzene ring substituents is 1. The number of amides is 1. The van der Waals surface area contributed by atoms with Gasteiger partial charge in [-0.1, -0.05) is 35.6 Å². The Labute approximate surface area is 171 Å². The molecule has 1 N–H and O–H groups in total. The van der Waals surface area contributed by atoms with Gasteiger partial charge in [-0.05, 0) is 35.8 Å². The van der Waals surface area contributed by atoms with Crippen molar-refractivity contribution < 1.29 is 14.5 Å². The van der Waals surface area contributed by atoms with Gasteiger partial charge in [0.2, 0.25) is 11.0 Å². The SMILES string of the molecule is COc1ccc(CCc2nnc(NC(=O)/C=C/c3cccc([N+](=O)[O-])c3)s2)cc1. The zero-order valence-corrected chi connectivity index (χ0v) is 16.4. The number of nitro groups is 1. The second-order valence-corrected chi connectivity index (χ2v) is 7.09. The third-order valence-electron chi connectivity index (χ3n) is 3.99. The van der Waals surface area contributed by atoms with Crippen molar-refractivity contribution >= 4 is 34.1 Å². The molecule has 0 bridgehead atoms. The van der Waals surface area contributed by atoms with Crippen molar-refractivity contribution in [1.82, 2.24) is 10.2 Å². The lowest BCUT2D eigenvalue weighted by molar-refractivity contribution is -0.384. The Bertz CT molecular complexity index is 1030. The molecule has 1 amide bonds. The van der Waals surface area contributed by atoms with Crippen molar-refractivity contribution in [3.8, 4) is 5.75 Å². The zero-order chi connectivity index (χ0) is 20.6. The number of benzene rings is 2. The molecule has 3 rings (SSSR count). The number of rotatable bonds is 8. The van der Waals surface area contributed by atoms with E-state index in [-0.39, 0.29) is 11.6 Å². The van der Waals surface area contributed by atoms with E-state index in [0.717, 1.165) is 22.7 Å². The molecule has 0 atom stereocenters. The minimum absolute atomic E-state index is 0.0295. The smallest absolute Gasteiger partial charge is 0.270 e. The van der Waals surface area contributed by atoms with Gasteiger partial charge in [0.05, 0.1) is 12.0 Å². The molecule has 0 saturated heterocycles. The highest BCUT2D eigenvalue weighted by molar-refractivity contribution is 7.15. The van der Waals surface area contributed by atoms with Crippen LogP contribution in [0, 0.1) is 10.1 Å². The quantitative estimate of drug-likeness (QED) is 0.343. The van der Waals surface area contributed by atoms with Crippen LogP contribution in [-0.2, 0) is 17.6 Å². The normalized spacial score (nSPS) is 10.8. The molecule has 0 aliphatic rings. The molecule has 148 valence electrons. The maximum atomic E-state index is 12.0. The molecule has 2 aromatic carbocycles. The zero-order valence-electron chi connectivity index (χ0n) is 15.6. The first-order valence-electron chi connectivity index (χ1n) is 8.72. The van der Waals surface area contributed by atoms with E-state index < -0.39 is 4.92 Å². The Hall–Kier alpha value is -3.59. The highest BCUT2D eigenvalue weighted by Gasteiger charge is 2.08. The predicted molar refractivity (Wildman–Crippen MR) is 111 cm³/mol. The number of carbonyl (C=O) groups is 1. The molecule has 0 radical (unpaired) electrons. The van der Waals surface area contributed by atoms with Gasteiger partial charge < -0.3 is 4.74 Å². The van der Waals surface area contributed by atoms with Crippen LogP contribution in [0.15, 0.2) is 54.6 Å². The summed E-state index contributed by atoms with van der Waals surface area (Å²) in [7, 11) is 1.63. The number of nitrogens with one attached hydrogen (secondary N) is 1. The summed E-state index contributed by atoms with van der Waals surface area (Å²) in [5.74, 6) is 0.433. The Morgan fingerprint density at radius 2 is 2.00 bits per heavy atom. The van der Waals surface area contributed by atoms with E-state index in [9.17, 15) is 14.9 Å². The van der Waals surface area contributed by atoms with E-state index in [1.807, 2.05) is 24.3 Å². The van der Waals surface area contributed by atoms with Crippen LogP contribution in [0.3, 0.4) is 0 Å². The first-order valence-corrected chi connectivity index (χ1v) is 9.54. The van der Waals surface area contributed by atoms with Crippen molar-refractivity contribution in [1.29, 1.82) is 0 Å². The average Bonchev–Trinajstić information content (AvgIpc) is 3.18. The number of nitrogens with zero attached hydrogens (tertiary/aromatic N) is 3. The summed E-state index contributed by atoms with van der Waals surface area (Å²) in [6.45, 7) is 0. The van der Waals surface area contributed by atoms with E-state index in [1.165, 1.54) is 35.6 Å². The van der Waals surface area contributed by atoms with E-state index >= 15 is 0 Å². The fraction of sp³-hybridized carbons (Fsp3) is 0.150. The Kier molecular flexibility index (Phi) is 6.64. The first kappa shape index (κ1) is 20.2. The molecule has 0 aliphatic carbocycles. The molecule has 0 saturated carbocycles. The molecule has 3 aromatic rings. The Morgan fingerprint density at radius 3 is 2.72 bits per heavy atom. The summed E-state index contributed by atoms with van der Waals surface area (Å²) < 4.78 is 5.14. The molecule has 29 heavy (non-hydrogen) atoms. The number of aryl methyl sites for hydroxylation is 2. The second kappa shape index (κ2) is 9.56. The molecule has 0 unspecified atom stereocenters. The minimum atomic E-state index is -0.480. The molecular weight excluding hydrogens is 392 g/mol. The molecule has 0 fully saturated rings. The van der Waals surface area contributed by atoms with Crippen LogP contribution in [0.1, 0.15) is 16.1 Å². The van der Waals surface area contributed by atoms with E-state index in [4.69, 9.17) is 4.74 Å². The van der Waals surface area contributed by atoms with Crippen molar-refractivity contribution in [2.75, 3.05) is 12.4 Å². The number of ether oxygens (including phenoxy) is 1. The van der Waals surface area contributed by atoms with Crippen molar-refractivity contribution in [2.24, 2.45) is 0 Å². The van der Waals surface area contributed by atoms with E-state index in [0.29, 0.717) is 17.1 Å². The number of non-ortho nitro benzene ring substituents is 1. The average molecular weight is 410 g/mol. The summed E-state index contributed by atoms with van der Waals surface area (Å²) in [5.41, 5.74) is 1.69. The molecule has 0 aliphatic heterocycles. The van der Waals surface area contributed by atoms with Crippen LogP contribution in [0.25, 0.3) is 6.08 Å². The fourth-order valence-electron chi connectivity index (χ4n) is 2.51. The number of anilines is 1. The van der Waals surface area contributed by atoms with Crippen LogP contribution < -0.4 is 10.1 Å². The van der Waals surface area contributed by atoms with Crippen molar-refractivity contribution in [2.45, 2.75) is 12.8 Å². The lowest BCUT2D eigenvalue weighted by atomic mass is 10.1. The monoisotopic (exact) mass is 410 g/mol. The molecule has 1 heterocycles. The maximum Gasteiger partial charge on any atom is 0.270 e. The molecule has 1 aromatic heterocycles. The minimum Gasteiger partial charge on any atom is -0.497 e. The van der Waals surface area contributed by atoms with Crippen LogP contribution >= 0.6 is 11.3 Å².